The largest absolute Gasteiger partial charge is 0.450 e. The van der Waals surface area contributed by atoms with Gasteiger partial charge in [0.05, 0.1) is 6.61 Å². The van der Waals surface area contributed by atoms with Crippen molar-refractivity contribution in [2.75, 3.05) is 53.4 Å². The lowest BCUT2D eigenvalue weighted by Crippen LogP contribution is -2.53. The highest BCUT2D eigenvalue weighted by atomic mass is 16.6. The maximum atomic E-state index is 11.5. The van der Waals surface area contributed by atoms with Crippen molar-refractivity contribution < 1.29 is 9.53 Å². The fourth-order valence-electron chi connectivity index (χ4n) is 2.20. The van der Waals surface area contributed by atoms with E-state index in [1.807, 2.05) is 6.92 Å². The van der Waals surface area contributed by atoms with Crippen LogP contribution in [0.25, 0.3) is 0 Å². The van der Waals surface area contributed by atoms with Gasteiger partial charge in [-0.1, -0.05) is 0 Å². The maximum Gasteiger partial charge on any atom is 0.409 e. The highest BCUT2D eigenvalue weighted by Gasteiger charge is 2.24. The monoisotopic (exact) mass is 243 g/mol. The Balaban J connectivity index is 2.32. The first-order valence-electron chi connectivity index (χ1n) is 6.35. The molecule has 1 aliphatic heterocycles. The summed E-state index contributed by atoms with van der Waals surface area (Å²) in [5, 5.41) is 0. The van der Waals surface area contributed by atoms with E-state index >= 15 is 0 Å². The molecule has 0 aliphatic carbocycles. The van der Waals surface area contributed by atoms with Gasteiger partial charge in [-0.25, -0.2) is 4.79 Å². The van der Waals surface area contributed by atoms with Crippen LogP contribution in [0, 0.1) is 0 Å². The number of likely N-dealkylation sites (N-methyl/N-ethyl adjacent to an activating group) is 1. The van der Waals surface area contributed by atoms with Crippen LogP contribution in [0.5, 0.6) is 0 Å². The van der Waals surface area contributed by atoms with E-state index in [0.717, 1.165) is 32.7 Å². The fourth-order valence-corrected chi connectivity index (χ4v) is 2.20. The van der Waals surface area contributed by atoms with Gasteiger partial charge < -0.3 is 14.5 Å². The first-order valence-corrected chi connectivity index (χ1v) is 6.35. The van der Waals surface area contributed by atoms with Gasteiger partial charge in [0.15, 0.2) is 0 Å². The molecule has 1 fully saturated rings. The summed E-state index contributed by atoms with van der Waals surface area (Å²) in [4.78, 5) is 17.9. The van der Waals surface area contributed by atoms with Gasteiger partial charge in [0.1, 0.15) is 0 Å². The number of ether oxygens (including phenoxy) is 1. The Morgan fingerprint density at radius 1 is 1.29 bits per heavy atom. The zero-order valence-electron chi connectivity index (χ0n) is 11.5. The van der Waals surface area contributed by atoms with Crippen molar-refractivity contribution in [2.24, 2.45) is 0 Å². The Kier molecular flexibility index (Phi) is 5.71. The molecule has 1 heterocycles. The summed E-state index contributed by atoms with van der Waals surface area (Å²) in [6, 6.07) is 0.536. The fraction of sp³-hybridized carbons (Fsp3) is 0.917. The summed E-state index contributed by atoms with van der Waals surface area (Å²) in [5.74, 6) is 0. The lowest BCUT2D eigenvalue weighted by molar-refractivity contribution is 0.0641. The molecule has 0 aromatic rings. The second kappa shape index (κ2) is 6.81. The summed E-state index contributed by atoms with van der Waals surface area (Å²) >= 11 is 0. The molecule has 100 valence electrons. The van der Waals surface area contributed by atoms with Crippen molar-refractivity contribution >= 4 is 6.09 Å². The van der Waals surface area contributed by atoms with Crippen molar-refractivity contribution in [3.05, 3.63) is 0 Å². The molecule has 0 N–H and O–H groups in total. The third kappa shape index (κ3) is 4.52. The molecular weight excluding hydrogens is 218 g/mol. The second-order valence-corrected chi connectivity index (χ2v) is 4.83. The van der Waals surface area contributed by atoms with Crippen LogP contribution < -0.4 is 0 Å². The Bertz CT molecular complexity index is 238. The van der Waals surface area contributed by atoms with Crippen molar-refractivity contribution in [1.29, 1.82) is 0 Å². The van der Waals surface area contributed by atoms with E-state index in [-0.39, 0.29) is 6.09 Å². The Labute approximate surface area is 104 Å². The van der Waals surface area contributed by atoms with E-state index in [1.165, 1.54) is 0 Å². The third-order valence-corrected chi connectivity index (χ3v) is 3.09. The number of rotatable bonds is 4. The standard InChI is InChI=1S/C12H25N3O2/c1-5-17-12(16)15-8-6-14(7-9-15)11(2)10-13(3)4/h11H,5-10H2,1-4H3. The maximum absolute atomic E-state index is 11.5. The highest BCUT2D eigenvalue weighted by Crippen LogP contribution is 2.08. The van der Waals surface area contributed by atoms with Crippen LogP contribution in [0.1, 0.15) is 13.8 Å². The zero-order chi connectivity index (χ0) is 12.8. The van der Waals surface area contributed by atoms with E-state index in [2.05, 4.69) is 30.8 Å². The van der Waals surface area contributed by atoms with E-state index in [0.29, 0.717) is 12.6 Å². The molecule has 0 radical (unpaired) electrons. The van der Waals surface area contributed by atoms with Gasteiger partial charge in [0.2, 0.25) is 0 Å². The van der Waals surface area contributed by atoms with Crippen molar-refractivity contribution in [3.63, 3.8) is 0 Å². The smallest absolute Gasteiger partial charge is 0.409 e. The van der Waals surface area contributed by atoms with Gasteiger partial charge in [0.25, 0.3) is 0 Å². The van der Waals surface area contributed by atoms with Crippen molar-refractivity contribution in [1.82, 2.24) is 14.7 Å². The normalized spacial score (nSPS) is 19.5. The molecule has 1 atom stereocenters. The van der Waals surface area contributed by atoms with Crippen LogP contribution in [0.15, 0.2) is 0 Å². The molecule has 0 aromatic carbocycles. The Morgan fingerprint density at radius 3 is 2.35 bits per heavy atom. The van der Waals surface area contributed by atoms with Gasteiger partial charge in [-0.3, -0.25) is 4.90 Å². The number of carbonyl (C=O) groups is 1. The zero-order valence-corrected chi connectivity index (χ0v) is 11.5. The topological polar surface area (TPSA) is 36.0 Å². The first-order chi connectivity index (χ1) is 8.04. The van der Waals surface area contributed by atoms with Gasteiger partial charge >= 0.3 is 6.09 Å². The third-order valence-electron chi connectivity index (χ3n) is 3.09. The molecule has 5 heteroatoms. The SMILES string of the molecule is CCOC(=O)N1CCN(C(C)CN(C)C)CC1. The summed E-state index contributed by atoms with van der Waals surface area (Å²) in [6.07, 6.45) is -0.174. The average molecular weight is 243 g/mol. The molecule has 0 saturated carbocycles. The van der Waals surface area contributed by atoms with Crippen LogP contribution in [0.4, 0.5) is 4.79 Å². The lowest BCUT2D eigenvalue weighted by Gasteiger charge is -2.38. The average Bonchev–Trinajstić information content (AvgIpc) is 2.28. The molecule has 0 spiro atoms. The molecule has 1 aliphatic rings. The molecule has 1 unspecified atom stereocenters. The molecule has 1 rings (SSSR count). The van der Waals surface area contributed by atoms with Crippen molar-refractivity contribution in [2.45, 2.75) is 19.9 Å². The predicted octanol–water partition coefficient (Wildman–Crippen LogP) is 0.711. The number of hydrogen-bond acceptors (Lipinski definition) is 4. The number of nitrogens with zero attached hydrogens (tertiary/aromatic N) is 3. The number of carbonyl (C=O) groups excluding carboxylic acids is 1. The predicted molar refractivity (Wildman–Crippen MR) is 68.2 cm³/mol. The number of piperazine rings is 1. The number of amides is 1. The lowest BCUT2D eigenvalue weighted by atomic mass is 10.2. The summed E-state index contributed by atoms with van der Waals surface area (Å²) in [7, 11) is 4.18. The van der Waals surface area contributed by atoms with E-state index < -0.39 is 0 Å². The second-order valence-electron chi connectivity index (χ2n) is 4.83. The summed E-state index contributed by atoms with van der Waals surface area (Å²) in [5.41, 5.74) is 0. The molecule has 1 saturated heterocycles. The van der Waals surface area contributed by atoms with Crippen LogP contribution in [-0.2, 0) is 4.74 Å². The van der Waals surface area contributed by atoms with E-state index in [1.54, 1.807) is 4.90 Å². The quantitative estimate of drug-likeness (QED) is 0.728. The summed E-state index contributed by atoms with van der Waals surface area (Å²) in [6.45, 7) is 9.01. The highest BCUT2D eigenvalue weighted by molar-refractivity contribution is 5.67. The van der Waals surface area contributed by atoms with Crippen molar-refractivity contribution in [3.8, 4) is 0 Å². The van der Waals surface area contributed by atoms with E-state index in [4.69, 9.17) is 4.74 Å². The minimum Gasteiger partial charge on any atom is -0.450 e. The van der Waals surface area contributed by atoms with Crippen LogP contribution in [0.3, 0.4) is 0 Å². The molecule has 0 bridgehead atoms. The van der Waals surface area contributed by atoms with E-state index in [9.17, 15) is 4.79 Å². The minimum atomic E-state index is -0.174. The Hall–Kier alpha value is -0.810. The minimum absolute atomic E-state index is 0.174. The van der Waals surface area contributed by atoms with Crippen LogP contribution in [-0.4, -0.2) is 80.3 Å². The Morgan fingerprint density at radius 2 is 1.88 bits per heavy atom. The number of hydrogen-bond donors (Lipinski definition) is 0. The molecular formula is C12H25N3O2. The van der Waals surface area contributed by atoms with Gasteiger partial charge in [-0.2, -0.15) is 0 Å². The molecule has 17 heavy (non-hydrogen) atoms. The van der Waals surface area contributed by atoms with Gasteiger partial charge in [-0.15, -0.1) is 0 Å². The van der Waals surface area contributed by atoms with Gasteiger partial charge in [0, 0.05) is 38.8 Å². The molecule has 1 amide bonds. The van der Waals surface area contributed by atoms with Crippen LogP contribution in [0.2, 0.25) is 0 Å². The summed E-state index contributed by atoms with van der Waals surface area (Å²) < 4.78 is 5.00. The first kappa shape index (κ1) is 14.3. The van der Waals surface area contributed by atoms with Crippen LogP contribution >= 0.6 is 0 Å². The molecule has 0 aromatic heterocycles. The van der Waals surface area contributed by atoms with Gasteiger partial charge in [-0.05, 0) is 27.9 Å². The molecule has 5 nitrogen and oxygen atoms in total.